The number of epoxide rings is 1. The fourth-order valence-electron chi connectivity index (χ4n) is 9.20. The Hall–Kier alpha value is -5.78. The number of benzene rings is 3. The molecule has 1 aliphatic carbocycles. The predicted molar refractivity (Wildman–Crippen MR) is 246 cm³/mol. The van der Waals surface area contributed by atoms with Crippen molar-refractivity contribution in [2.45, 2.75) is 94.7 Å². The lowest BCUT2D eigenvalue weighted by Gasteiger charge is -2.42. The Morgan fingerprint density at radius 3 is 2.37 bits per heavy atom. The van der Waals surface area contributed by atoms with E-state index in [1.807, 2.05) is 61.5 Å². The lowest BCUT2D eigenvalue weighted by atomic mass is 9.83. The van der Waals surface area contributed by atoms with Gasteiger partial charge in [-0.3, -0.25) is 14.9 Å². The Morgan fingerprint density at radius 2 is 1.72 bits per heavy atom. The summed E-state index contributed by atoms with van der Waals surface area (Å²) < 4.78 is 40.4. The van der Waals surface area contributed by atoms with Gasteiger partial charge >= 0.3 is 18.0 Å². The van der Waals surface area contributed by atoms with E-state index >= 15 is 0 Å². The number of alkyl carbamates (subject to hydrolysis) is 1. The van der Waals surface area contributed by atoms with Crippen molar-refractivity contribution in [3.05, 3.63) is 106 Å². The number of aliphatic hydroxyl groups is 1. The van der Waals surface area contributed by atoms with Crippen LogP contribution < -0.4 is 15.0 Å². The summed E-state index contributed by atoms with van der Waals surface area (Å²) in [6.07, 6.45) is 0.449. The highest BCUT2D eigenvalue weighted by Crippen LogP contribution is 2.49. The Bertz CT molecular complexity index is 2410. The Morgan fingerprint density at radius 1 is 1.04 bits per heavy atom. The largest absolute Gasteiger partial charge is 0.495 e. The van der Waals surface area contributed by atoms with Crippen molar-refractivity contribution in [1.29, 1.82) is 0 Å². The van der Waals surface area contributed by atoms with Gasteiger partial charge in [-0.05, 0) is 67.1 Å². The van der Waals surface area contributed by atoms with E-state index in [0.29, 0.717) is 17.9 Å². The quantitative estimate of drug-likeness (QED) is 0.132. The molecule has 3 amide bonds. The Labute approximate surface area is 395 Å². The minimum absolute atomic E-state index is 0.0923. The third-order valence-corrected chi connectivity index (χ3v) is 13.7. The first-order valence-corrected chi connectivity index (χ1v) is 22.5. The van der Waals surface area contributed by atoms with E-state index in [-0.39, 0.29) is 30.4 Å². The number of hydrogen-bond donors (Lipinski definition) is 2. The van der Waals surface area contributed by atoms with Gasteiger partial charge in [0.05, 0.1) is 25.3 Å². The lowest BCUT2D eigenvalue weighted by molar-refractivity contribution is -0.163. The molecular weight excluding hydrogens is 886 g/mol. The maximum atomic E-state index is 14.3. The van der Waals surface area contributed by atoms with Crippen molar-refractivity contribution >= 4 is 47.1 Å². The minimum Gasteiger partial charge on any atom is -0.495 e. The van der Waals surface area contributed by atoms with Crippen molar-refractivity contribution in [1.82, 2.24) is 10.2 Å². The van der Waals surface area contributed by atoms with E-state index in [1.165, 1.54) is 33.1 Å². The molecule has 4 bridgehead atoms. The average molecular weight is 944 g/mol. The molecule has 8 unspecified atom stereocenters. The highest BCUT2D eigenvalue weighted by molar-refractivity contribution is 6.35. The number of methoxy groups -OCH3 is 2. The molecule has 2 saturated heterocycles. The van der Waals surface area contributed by atoms with Crippen LogP contribution in [0.2, 0.25) is 5.02 Å². The van der Waals surface area contributed by atoms with E-state index in [0.717, 1.165) is 38.3 Å². The van der Waals surface area contributed by atoms with Gasteiger partial charge in [-0.1, -0.05) is 90.9 Å². The molecule has 3 aliphatic heterocycles. The zero-order chi connectivity index (χ0) is 48.4. The molecule has 0 radical (unpaired) electrons. The molecular formula is C50H58ClN3O13. The number of carbonyl (C=O) groups is 5. The van der Waals surface area contributed by atoms with Gasteiger partial charge < -0.3 is 48.1 Å². The van der Waals surface area contributed by atoms with Gasteiger partial charge in [0.25, 0.3) is 0 Å². The molecule has 358 valence electrons. The van der Waals surface area contributed by atoms with Crippen LogP contribution in [0.15, 0.2) is 84.5 Å². The van der Waals surface area contributed by atoms with Gasteiger partial charge in [-0.25, -0.2) is 14.4 Å². The number of amides is 3. The Balaban J connectivity index is 1.05. The summed E-state index contributed by atoms with van der Waals surface area (Å²) in [5.41, 5.74) is 3.16. The second-order valence-corrected chi connectivity index (χ2v) is 18.2. The molecule has 2 fully saturated rings. The first kappa shape index (κ1) is 49.1. The first-order valence-electron chi connectivity index (χ1n) is 22.2. The van der Waals surface area contributed by atoms with Crippen LogP contribution in [0, 0.1) is 5.92 Å². The summed E-state index contributed by atoms with van der Waals surface area (Å²) in [6, 6.07) is 18.3. The lowest BCUT2D eigenvalue weighted by Crippen LogP contribution is -2.63. The topological polar surface area (TPSA) is 192 Å². The van der Waals surface area contributed by atoms with Gasteiger partial charge in [0.2, 0.25) is 11.8 Å². The summed E-state index contributed by atoms with van der Waals surface area (Å²) in [6.45, 7) is 5.88. The fourth-order valence-corrected chi connectivity index (χ4v) is 9.51. The molecule has 2 N–H and O–H groups in total. The van der Waals surface area contributed by atoms with Gasteiger partial charge in [-0.15, -0.1) is 0 Å². The first-order chi connectivity index (χ1) is 31.9. The van der Waals surface area contributed by atoms with Crippen LogP contribution in [0.1, 0.15) is 63.1 Å². The van der Waals surface area contributed by atoms with Crippen molar-refractivity contribution in [3.8, 4) is 16.9 Å². The number of carbonyl (C=O) groups excluding carboxylic acids is 5. The third kappa shape index (κ3) is 10.4. The summed E-state index contributed by atoms with van der Waals surface area (Å²) in [5, 5.41) is 14.5. The summed E-state index contributed by atoms with van der Waals surface area (Å²) in [4.78, 5) is 69.9. The Kier molecular flexibility index (Phi) is 14.8. The molecule has 3 aromatic carbocycles. The number of likely N-dealkylation sites (N-methyl/N-ethyl adjacent to an activating group) is 1. The second kappa shape index (κ2) is 20.2. The number of nitrogens with zero attached hydrogens (tertiary/aromatic N) is 2. The molecule has 0 spiro atoms. The standard InChI is InChI=1S/C50H58ClN3O13/c1-28-14-13-19-40(62-8)50(60)24-39(65-48(59)52-50)29(2)46-49(4,67-46)41(23-42(55)54(6)37-21-31(20-28)22-38(61-7)45(37)51)66-47(58)30(3)53(5)43(56)26-63-27-44(57)64-25-36-34-17-11-9-15-32(34)33-16-10-12-18-35(33)36/h9-19,21-22,29-30,36,39-41,46,60H,20,23-27H2,1-8H3,(H,52,59)/b19-13+,28-14+. The van der Waals surface area contributed by atoms with Crippen LogP contribution >= 0.6 is 11.6 Å². The number of ether oxygens (including phenoxy) is 7. The molecule has 0 aromatic heterocycles. The van der Waals surface area contributed by atoms with E-state index in [9.17, 15) is 29.1 Å². The third-order valence-electron chi connectivity index (χ3n) is 13.3. The molecule has 3 heterocycles. The van der Waals surface area contributed by atoms with Crippen LogP contribution in [-0.2, 0) is 54.0 Å². The summed E-state index contributed by atoms with van der Waals surface area (Å²) in [7, 11) is 5.83. The normalized spacial score (nSPS) is 27.7. The van der Waals surface area contributed by atoms with Crippen molar-refractivity contribution in [2.24, 2.45) is 5.92 Å². The molecule has 3 aromatic rings. The molecule has 67 heavy (non-hydrogen) atoms. The number of halogens is 1. The van der Waals surface area contributed by atoms with Crippen LogP contribution in [0.5, 0.6) is 5.75 Å². The maximum Gasteiger partial charge on any atom is 0.409 e. The minimum atomic E-state index is -1.87. The predicted octanol–water partition coefficient (Wildman–Crippen LogP) is 5.89. The molecule has 16 nitrogen and oxygen atoms in total. The molecule has 8 atom stereocenters. The van der Waals surface area contributed by atoms with E-state index in [4.69, 9.17) is 44.8 Å². The van der Waals surface area contributed by atoms with Gasteiger partial charge in [-0.2, -0.15) is 0 Å². The SMILES string of the molecule is COc1cc2cc(c1Cl)N(C)C(=O)CC(OC(=O)C(C)N(C)C(=O)COCC(=O)OCC1c3ccccc3-c3ccccc31)C1(C)OC1C(C)C1CC(O)(NC(=O)O1)C(OC)/C=C/C=C(\C)C2. The second-order valence-electron chi connectivity index (χ2n) is 17.8. The molecule has 7 rings (SSSR count). The number of rotatable bonds is 11. The fraction of sp³-hybridized carbons (Fsp3) is 0.460. The monoisotopic (exact) mass is 943 g/mol. The van der Waals surface area contributed by atoms with Gasteiger partial charge in [0.1, 0.15) is 60.5 Å². The van der Waals surface area contributed by atoms with Gasteiger partial charge in [0, 0.05) is 39.5 Å². The smallest absolute Gasteiger partial charge is 0.409 e. The van der Waals surface area contributed by atoms with Crippen LogP contribution in [0.25, 0.3) is 11.1 Å². The maximum absolute atomic E-state index is 14.3. The van der Waals surface area contributed by atoms with Crippen molar-refractivity contribution in [2.75, 3.05) is 53.0 Å². The number of hydrogen-bond acceptors (Lipinski definition) is 13. The highest BCUT2D eigenvalue weighted by atomic mass is 35.5. The summed E-state index contributed by atoms with van der Waals surface area (Å²) in [5.74, 6) is -3.01. The van der Waals surface area contributed by atoms with Crippen molar-refractivity contribution < 1.29 is 62.2 Å². The number of esters is 2. The zero-order valence-electron chi connectivity index (χ0n) is 38.9. The van der Waals surface area contributed by atoms with Crippen LogP contribution in [0.4, 0.5) is 10.5 Å². The number of fused-ring (bicyclic) bond motifs is 8. The average Bonchev–Trinajstić information content (AvgIpc) is 3.90. The summed E-state index contributed by atoms with van der Waals surface area (Å²) >= 11 is 6.80. The van der Waals surface area contributed by atoms with E-state index in [2.05, 4.69) is 5.32 Å². The number of nitrogens with one attached hydrogen (secondary N) is 1. The van der Waals surface area contributed by atoms with Crippen molar-refractivity contribution in [3.63, 3.8) is 0 Å². The highest BCUT2D eigenvalue weighted by Gasteiger charge is 2.64. The molecule has 0 saturated carbocycles. The number of anilines is 1. The number of allylic oxidation sites excluding steroid dienone is 3. The van der Waals surface area contributed by atoms with Gasteiger partial charge in [0.15, 0.2) is 5.72 Å². The van der Waals surface area contributed by atoms with E-state index in [1.54, 1.807) is 45.2 Å². The molecule has 17 heteroatoms. The molecule has 4 aliphatic rings. The van der Waals surface area contributed by atoms with Crippen LogP contribution in [-0.4, -0.2) is 130 Å². The zero-order valence-corrected chi connectivity index (χ0v) is 39.7. The van der Waals surface area contributed by atoms with Crippen LogP contribution in [0.3, 0.4) is 0 Å². The van der Waals surface area contributed by atoms with E-state index < -0.39 is 90.8 Å².